The van der Waals surface area contributed by atoms with Crippen molar-refractivity contribution in [2.24, 2.45) is 5.41 Å². The molecule has 0 bridgehead atoms. The number of carbonyl (C=O) groups excluding carboxylic acids is 2. The van der Waals surface area contributed by atoms with Crippen LogP contribution in [-0.4, -0.2) is 24.1 Å². The van der Waals surface area contributed by atoms with Gasteiger partial charge in [0.25, 0.3) is 0 Å². The second kappa shape index (κ2) is 5.22. The van der Waals surface area contributed by atoms with E-state index in [1.165, 1.54) is 0 Å². The summed E-state index contributed by atoms with van der Waals surface area (Å²) in [5.74, 6) is -0.363. The highest BCUT2D eigenvalue weighted by atomic mass is 35.5. The predicted molar refractivity (Wildman–Crippen MR) is 52.8 cm³/mol. The molecule has 0 fully saturated rings. The summed E-state index contributed by atoms with van der Waals surface area (Å²) in [5, 5.41) is 2.43. The Kier molecular flexibility index (Phi) is 4.99. The van der Waals surface area contributed by atoms with Crippen molar-refractivity contribution in [2.75, 3.05) is 12.4 Å². The number of halogens is 1. The van der Waals surface area contributed by atoms with Crippen LogP contribution in [0.15, 0.2) is 0 Å². The van der Waals surface area contributed by atoms with E-state index >= 15 is 0 Å². The fourth-order valence-corrected chi connectivity index (χ4v) is 0.993. The van der Waals surface area contributed by atoms with Crippen molar-refractivity contribution < 1.29 is 9.59 Å². The van der Waals surface area contributed by atoms with Gasteiger partial charge in [-0.15, -0.1) is 11.6 Å². The normalized spacial score (nSPS) is 11.1. The molecule has 0 aromatic heterocycles. The van der Waals surface area contributed by atoms with E-state index in [4.69, 9.17) is 11.6 Å². The summed E-state index contributed by atoms with van der Waals surface area (Å²) in [6.07, 6.45) is 0.468. The molecule has 3 nitrogen and oxygen atoms in total. The first-order valence-electron chi connectivity index (χ1n) is 4.19. The smallest absolute Gasteiger partial charge is 0.235 e. The summed E-state index contributed by atoms with van der Waals surface area (Å²) in [4.78, 5) is 21.9. The topological polar surface area (TPSA) is 46.2 Å². The average Bonchev–Trinajstić information content (AvgIpc) is 1.97. The first-order chi connectivity index (χ1) is 5.85. The Morgan fingerprint density at radius 3 is 2.23 bits per heavy atom. The van der Waals surface area contributed by atoms with Crippen molar-refractivity contribution >= 4 is 23.3 Å². The van der Waals surface area contributed by atoms with Crippen LogP contribution >= 0.6 is 11.6 Å². The van der Waals surface area contributed by atoms with Gasteiger partial charge in [0, 0.05) is 6.42 Å². The number of carbonyl (C=O) groups is 2. The maximum Gasteiger partial charge on any atom is 0.235 e. The molecule has 0 saturated heterocycles. The van der Waals surface area contributed by atoms with E-state index in [-0.39, 0.29) is 29.5 Å². The number of Topliss-reactive ketones (excluding diaryl/α,β-unsaturated/α-hetero) is 1. The summed E-state index contributed by atoms with van der Waals surface area (Å²) in [6, 6.07) is 0. The van der Waals surface area contributed by atoms with Crippen LogP contribution in [0.25, 0.3) is 0 Å². The molecule has 0 spiro atoms. The molecular weight excluding hydrogens is 190 g/mol. The van der Waals surface area contributed by atoms with Crippen molar-refractivity contribution in [1.29, 1.82) is 0 Å². The molecule has 76 valence electrons. The van der Waals surface area contributed by atoms with E-state index in [1.807, 2.05) is 20.8 Å². The third kappa shape index (κ3) is 7.78. The van der Waals surface area contributed by atoms with Crippen LogP contribution in [0.2, 0.25) is 0 Å². The molecule has 13 heavy (non-hydrogen) atoms. The van der Waals surface area contributed by atoms with Crippen LogP contribution in [0.5, 0.6) is 0 Å². The fourth-order valence-electron chi connectivity index (χ4n) is 0.898. The minimum atomic E-state index is -0.302. The predicted octanol–water partition coefficient (Wildman–Crippen LogP) is 1.35. The van der Waals surface area contributed by atoms with Crippen LogP contribution in [0.3, 0.4) is 0 Å². The highest BCUT2D eigenvalue weighted by Gasteiger charge is 2.15. The molecule has 0 radical (unpaired) electrons. The first kappa shape index (κ1) is 12.4. The number of hydrogen-bond donors (Lipinski definition) is 1. The van der Waals surface area contributed by atoms with Gasteiger partial charge in [0.1, 0.15) is 5.88 Å². The molecule has 0 aliphatic heterocycles. The summed E-state index contributed by atoms with van der Waals surface area (Å²) in [6.45, 7) is 6.03. The van der Waals surface area contributed by atoms with Gasteiger partial charge in [-0.05, 0) is 5.41 Å². The van der Waals surface area contributed by atoms with Gasteiger partial charge in [-0.3, -0.25) is 9.59 Å². The van der Waals surface area contributed by atoms with Gasteiger partial charge < -0.3 is 5.32 Å². The molecule has 0 atom stereocenters. The van der Waals surface area contributed by atoms with Crippen molar-refractivity contribution in [3.05, 3.63) is 0 Å². The van der Waals surface area contributed by atoms with Crippen molar-refractivity contribution in [1.82, 2.24) is 5.32 Å². The molecular formula is C9H16ClNO2. The van der Waals surface area contributed by atoms with E-state index in [2.05, 4.69) is 5.32 Å². The number of hydrogen-bond acceptors (Lipinski definition) is 2. The second-order valence-corrected chi connectivity index (χ2v) is 4.45. The minimum absolute atomic E-state index is 0.0250. The molecule has 1 N–H and O–H groups in total. The Bertz CT molecular complexity index is 196. The number of amides is 1. The van der Waals surface area contributed by atoms with E-state index in [0.29, 0.717) is 6.42 Å². The van der Waals surface area contributed by atoms with Gasteiger partial charge in [-0.1, -0.05) is 20.8 Å². The fraction of sp³-hybridized carbons (Fsp3) is 0.778. The quantitative estimate of drug-likeness (QED) is 0.705. The zero-order valence-corrected chi connectivity index (χ0v) is 9.07. The van der Waals surface area contributed by atoms with Crippen molar-refractivity contribution in [3.8, 4) is 0 Å². The second-order valence-electron chi connectivity index (χ2n) is 4.19. The third-order valence-corrected chi connectivity index (χ3v) is 1.57. The molecule has 0 saturated carbocycles. The van der Waals surface area contributed by atoms with Crippen LogP contribution in [-0.2, 0) is 9.59 Å². The van der Waals surface area contributed by atoms with E-state index in [1.54, 1.807) is 0 Å². The van der Waals surface area contributed by atoms with Gasteiger partial charge in [-0.2, -0.15) is 0 Å². The van der Waals surface area contributed by atoms with Crippen LogP contribution in [0, 0.1) is 5.41 Å². The lowest BCUT2D eigenvalue weighted by Crippen LogP contribution is -2.31. The molecule has 0 heterocycles. The first-order valence-corrected chi connectivity index (χ1v) is 4.73. The Hall–Kier alpha value is -0.570. The van der Waals surface area contributed by atoms with Gasteiger partial charge in [0.05, 0.1) is 6.54 Å². The number of rotatable bonds is 4. The Morgan fingerprint density at radius 1 is 1.31 bits per heavy atom. The summed E-state index contributed by atoms with van der Waals surface area (Å²) < 4.78 is 0. The molecule has 0 aromatic rings. The maximum atomic E-state index is 11.2. The Balaban J connectivity index is 3.71. The zero-order chi connectivity index (χ0) is 10.5. The molecule has 1 amide bonds. The van der Waals surface area contributed by atoms with Gasteiger partial charge in [-0.25, -0.2) is 0 Å². The summed E-state index contributed by atoms with van der Waals surface area (Å²) in [5.41, 5.74) is -0.0250. The monoisotopic (exact) mass is 205 g/mol. The number of alkyl halides is 1. The van der Waals surface area contributed by atoms with Crippen LogP contribution < -0.4 is 5.32 Å². The van der Waals surface area contributed by atoms with E-state index in [9.17, 15) is 9.59 Å². The third-order valence-electron chi connectivity index (χ3n) is 1.33. The van der Waals surface area contributed by atoms with Crippen molar-refractivity contribution in [3.63, 3.8) is 0 Å². The lowest BCUT2D eigenvalue weighted by atomic mass is 9.90. The maximum absolute atomic E-state index is 11.2. The van der Waals surface area contributed by atoms with Crippen molar-refractivity contribution in [2.45, 2.75) is 27.2 Å². The van der Waals surface area contributed by atoms with Gasteiger partial charge in [0.2, 0.25) is 5.91 Å². The lowest BCUT2D eigenvalue weighted by Gasteiger charge is -2.16. The molecule has 0 aliphatic rings. The molecule has 0 aliphatic carbocycles. The largest absolute Gasteiger partial charge is 0.348 e. The molecule has 0 rings (SSSR count). The SMILES string of the molecule is CC(C)(C)CC(=O)CNC(=O)CCl. The molecule has 4 heteroatoms. The highest BCUT2D eigenvalue weighted by molar-refractivity contribution is 6.27. The van der Waals surface area contributed by atoms with E-state index in [0.717, 1.165) is 0 Å². The number of nitrogens with one attached hydrogen (secondary N) is 1. The van der Waals surface area contributed by atoms with Gasteiger partial charge in [0.15, 0.2) is 5.78 Å². The molecule has 0 unspecified atom stereocenters. The number of ketones is 1. The van der Waals surface area contributed by atoms with Crippen LogP contribution in [0.1, 0.15) is 27.2 Å². The summed E-state index contributed by atoms with van der Waals surface area (Å²) >= 11 is 5.25. The van der Waals surface area contributed by atoms with Gasteiger partial charge >= 0.3 is 0 Å². The zero-order valence-electron chi connectivity index (χ0n) is 8.32. The lowest BCUT2D eigenvalue weighted by molar-refractivity contribution is -0.124. The Labute approximate surface area is 83.8 Å². The molecule has 0 aromatic carbocycles. The Morgan fingerprint density at radius 2 is 1.85 bits per heavy atom. The average molecular weight is 206 g/mol. The standard InChI is InChI=1S/C9H16ClNO2/c1-9(2,3)4-7(12)6-11-8(13)5-10/h4-6H2,1-3H3,(H,11,13). The summed E-state index contributed by atoms with van der Waals surface area (Å²) in [7, 11) is 0. The highest BCUT2D eigenvalue weighted by Crippen LogP contribution is 2.18. The van der Waals surface area contributed by atoms with E-state index < -0.39 is 0 Å². The minimum Gasteiger partial charge on any atom is -0.348 e. The van der Waals surface area contributed by atoms with Crippen LogP contribution in [0.4, 0.5) is 0 Å².